The Bertz CT molecular complexity index is 851. The first-order chi connectivity index (χ1) is 15.9. The van der Waals surface area contributed by atoms with E-state index in [-0.39, 0.29) is 12.4 Å². The van der Waals surface area contributed by atoms with E-state index >= 15 is 0 Å². The van der Waals surface area contributed by atoms with Gasteiger partial charge in [0, 0.05) is 44.5 Å². The molecule has 3 rings (SSSR count). The summed E-state index contributed by atoms with van der Waals surface area (Å²) in [4.78, 5) is 4.51. The van der Waals surface area contributed by atoms with E-state index in [4.69, 9.17) is 4.74 Å². The van der Waals surface area contributed by atoms with Crippen molar-refractivity contribution >= 4 is 5.69 Å². The zero-order valence-electron chi connectivity index (χ0n) is 20.1. The number of hydrogen-bond acceptors (Lipinski definition) is 5. The van der Waals surface area contributed by atoms with Gasteiger partial charge in [0.2, 0.25) is 0 Å². The van der Waals surface area contributed by atoms with Crippen LogP contribution in [0.4, 0.5) is 10.1 Å². The average molecular weight is 459 g/mol. The fourth-order valence-electron chi connectivity index (χ4n) is 4.28. The summed E-state index contributed by atoms with van der Waals surface area (Å²) in [6.45, 7) is 6.15. The molecule has 0 aromatic heterocycles. The van der Waals surface area contributed by atoms with Crippen LogP contribution in [0.3, 0.4) is 0 Å². The van der Waals surface area contributed by atoms with Crippen molar-refractivity contribution in [1.82, 2.24) is 4.90 Å². The summed E-state index contributed by atoms with van der Waals surface area (Å²) in [7, 11) is 2.02. The standard InChI is InChI=1S/C27H39FN2O3/c1-3-4-19-33-26-10-9-25(20-23(26)21-31)29(2)16-12-27(32)13-17-30(18-14-27)15-11-22-5-7-24(28)8-6-22/h5-10,20,31-32H,3-4,11-19,21H2,1-2H3. The molecule has 2 N–H and O–H groups in total. The Hall–Kier alpha value is -2.15. The lowest BCUT2D eigenvalue weighted by Gasteiger charge is -2.39. The zero-order chi connectivity index (χ0) is 23.7. The summed E-state index contributed by atoms with van der Waals surface area (Å²) in [6.07, 6.45) is 5.19. The van der Waals surface area contributed by atoms with Gasteiger partial charge in [-0.25, -0.2) is 4.39 Å². The van der Waals surface area contributed by atoms with E-state index in [0.29, 0.717) is 13.0 Å². The third-order valence-electron chi connectivity index (χ3n) is 6.74. The number of aliphatic hydroxyl groups excluding tert-OH is 1. The second-order valence-electron chi connectivity index (χ2n) is 9.27. The first-order valence-corrected chi connectivity index (χ1v) is 12.2. The van der Waals surface area contributed by atoms with Crippen molar-refractivity contribution in [2.24, 2.45) is 0 Å². The Balaban J connectivity index is 1.45. The molecule has 0 unspecified atom stereocenters. The summed E-state index contributed by atoms with van der Waals surface area (Å²) in [6, 6.07) is 12.6. The van der Waals surface area contributed by atoms with Crippen LogP contribution in [-0.4, -0.2) is 60.5 Å². The maximum Gasteiger partial charge on any atom is 0.124 e. The van der Waals surface area contributed by atoms with Crippen molar-refractivity contribution in [2.45, 2.75) is 57.7 Å². The van der Waals surface area contributed by atoms with Crippen molar-refractivity contribution in [3.05, 3.63) is 59.4 Å². The Morgan fingerprint density at radius 3 is 2.52 bits per heavy atom. The maximum atomic E-state index is 13.1. The van der Waals surface area contributed by atoms with Crippen LogP contribution < -0.4 is 9.64 Å². The number of likely N-dealkylation sites (tertiary alicyclic amines) is 1. The quantitative estimate of drug-likeness (QED) is 0.462. The predicted molar refractivity (Wildman–Crippen MR) is 131 cm³/mol. The Morgan fingerprint density at radius 1 is 1.12 bits per heavy atom. The normalized spacial score (nSPS) is 16.0. The van der Waals surface area contributed by atoms with E-state index in [1.54, 1.807) is 0 Å². The average Bonchev–Trinajstić information content (AvgIpc) is 2.83. The van der Waals surface area contributed by atoms with Gasteiger partial charge in [-0.05, 0) is 68.0 Å². The number of benzene rings is 2. The van der Waals surface area contributed by atoms with Crippen molar-refractivity contribution in [3.8, 4) is 5.75 Å². The molecule has 33 heavy (non-hydrogen) atoms. The zero-order valence-corrected chi connectivity index (χ0v) is 20.1. The van der Waals surface area contributed by atoms with Gasteiger partial charge in [-0.1, -0.05) is 25.5 Å². The highest BCUT2D eigenvalue weighted by Gasteiger charge is 2.32. The molecule has 2 aromatic carbocycles. The lowest BCUT2D eigenvalue weighted by Crippen LogP contribution is -2.46. The monoisotopic (exact) mass is 458 g/mol. The first kappa shape index (κ1) is 25.5. The molecule has 0 aliphatic carbocycles. The maximum absolute atomic E-state index is 13.1. The second-order valence-corrected chi connectivity index (χ2v) is 9.27. The molecule has 1 aliphatic rings. The molecular formula is C27H39FN2O3. The number of rotatable bonds is 12. The molecule has 0 saturated carbocycles. The fourth-order valence-corrected chi connectivity index (χ4v) is 4.28. The van der Waals surface area contributed by atoms with Gasteiger partial charge in [0.25, 0.3) is 0 Å². The molecule has 0 spiro atoms. The van der Waals surface area contributed by atoms with Crippen LogP contribution in [0.2, 0.25) is 0 Å². The van der Waals surface area contributed by atoms with Crippen LogP contribution in [0.25, 0.3) is 0 Å². The number of anilines is 1. The first-order valence-electron chi connectivity index (χ1n) is 12.2. The minimum atomic E-state index is -0.649. The molecule has 2 aromatic rings. The summed E-state index contributed by atoms with van der Waals surface area (Å²) in [5.41, 5.74) is 2.30. The van der Waals surface area contributed by atoms with Crippen LogP contribution in [-0.2, 0) is 13.0 Å². The third-order valence-corrected chi connectivity index (χ3v) is 6.74. The molecule has 0 radical (unpaired) electrons. The molecule has 182 valence electrons. The Kier molecular flexibility index (Phi) is 9.53. The fraction of sp³-hybridized carbons (Fsp3) is 0.556. The van der Waals surface area contributed by atoms with E-state index in [9.17, 15) is 14.6 Å². The van der Waals surface area contributed by atoms with Crippen molar-refractivity contribution in [1.29, 1.82) is 0 Å². The minimum absolute atomic E-state index is 0.0547. The van der Waals surface area contributed by atoms with Gasteiger partial charge in [0.05, 0.1) is 18.8 Å². The summed E-state index contributed by atoms with van der Waals surface area (Å²) >= 11 is 0. The molecule has 0 amide bonds. The van der Waals surface area contributed by atoms with E-state index in [2.05, 4.69) is 16.7 Å². The highest BCUT2D eigenvalue weighted by atomic mass is 19.1. The van der Waals surface area contributed by atoms with Gasteiger partial charge in [-0.2, -0.15) is 0 Å². The molecule has 1 saturated heterocycles. The van der Waals surface area contributed by atoms with Crippen molar-refractivity contribution in [2.75, 3.05) is 44.7 Å². The molecule has 5 nitrogen and oxygen atoms in total. The van der Waals surface area contributed by atoms with E-state index in [1.807, 2.05) is 37.4 Å². The van der Waals surface area contributed by atoms with Gasteiger partial charge in [0.1, 0.15) is 11.6 Å². The van der Waals surface area contributed by atoms with Gasteiger partial charge < -0.3 is 24.7 Å². The van der Waals surface area contributed by atoms with Crippen LogP contribution in [0.15, 0.2) is 42.5 Å². The molecular weight excluding hydrogens is 419 g/mol. The predicted octanol–water partition coefficient (Wildman–Crippen LogP) is 4.39. The van der Waals surface area contributed by atoms with Crippen molar-refractivity contribution in [3.63, 3.8) is 0 Å². The molecule has 0 atom stereocenters. The molecule has 0 bridgehead atoms. The molecule has 1 fully saturated rings. The largest absolute Gasteiger partial charge is 0.493 e. The topological polar surface area (TPSA) is 56.2 Å². The SMILES string of the molecule is CCCCOc1ccc(N(C)CCC2(O)CCN(CCc3ccc(F)cc3)CC2)cc1CO. The number of hydrogen-bond donors (Lipinski definition) is 2. The Morgan fingerprint density at radius 2 is 1.85 bits per heavy atom. The third kappa shape index (κ3) is 7.70. The van der Waals surface area contributed by atoms with Gasteiger partial charge in [0.15, 0.2) is 0 Å². The van der Waals surface area contributed by atoms with E-state index in [1.165, 1.54) is 12.1 Å². The number of unbranched alkanes of at least 4 members (excludes halogenated alkanes) is 1. The number of piperidine rings is 1. The summed E-state index contributed by atoms with van der Waals surface area (Å²) < 4.78 is 18.9. The highest BCUT2D eigenvalue weighted by molar-refractivity contribution is 5.52. The molecule has 6 heteroatoms. The van der Waals surface area contributed by atoms with Crippen LogP contribution >= 0.6 is 0 Å². The van der Waals surface area contributed by atoms with Gasteiger partial charge in [-0.3, -0.25) is 0 Å². The van der Waals surface area contributed by atoms with E-state index in [0.717, 1.165) is 80.8 Å². The summed E-state index contributed by atoms with van der Waals surface area (Å²) in [5.74, 6) is 0.547. The van der Waals surface area contributed by atoms with Gasteiger partial charge in [-0.15, -0.1) is 0 Å². The lowest BCUT2D eigenvalue weighted by atomic mass is 9.88. The van der Waals surface area contributed by atoms with E-state index < -0.39 is 5.60 Å². The number of nitrogens with zero attached hydrogens (tertiary/aromatic N) is 2. The smallest absolute Gasteiger partial charge is 0.124 e. The van der Waals surface area contributed by atoms with Gasteiger partial charge >= 0.3 is 0 Å². The number of aliphatic hydroxyl groups is 2. The van der Waals surface area contributed by atoms with Crippen molar-refractivity contribution < 1.29 is 19.3 Å². The number of ether oxygens (including phenoxy) is 1. The number of halogens is 1. The second kappa shape index (κ2) is 12.4. The molecule has 1 aliphatic heterocycles. The molecule has 1 heterocycles. The summed E-state index contributed by atoms with van der Waals surface area (Å²) in [5, 5.41) is 20.9. The minimum Gasteiger partial charge on any atom is -0.493 e. The van der Waals surface area contributed by atoms with Crippen LogP contribution in [0, 0.1) is 5.82 Å². The van der Waals surface area contributed by atoms with Crippen LogP contribution in [0.5, 0.6) is 5.75 Å². The highest BCUT2D eigenvalue weighted by Crippen LogP contribution is 2.29. The Labute approximate surface area is 197 Å². The lowest BCUT2D eigenvalue weighted by molar-refractivity contribution is -0.0254. The van der Waals surface area contributed by atoms with Crippen LogP contribution in [0.1, 0.15) is 50.2 Å².